The maximum absolute atomic E-state index is 4.58. The van der Waals surface area contributed by atoms with Crippen LogP contribution in [0, 0.1) is 6.92 Å². The molecule has 4 heteroatoms. The van der Waals surface area contributed by atoms with Crippen molar-refractivity contribution in [3.8, 4) is 0 Å². The smallest absolute Gasteiger partial charge is 0.0782 e. The zero-order valence-electron chi connectivity index (χ0n) is 10.5. The molecule has 0 spiro atoms. The molecule has 0 saturated carbocycles. The van der Waals surface area contributed by atoms with Crippen molar-refractivity contribution in [1.82, 2.24) is 20.1 Å². The molecule has 0 fully saturated rings. The minimum Gasteiger partial charge on any atom is -0.305 e. The molecule has 0 aromatic carbocycles. The Morgan fingerprint density at radius 3 is 2.82 bits per heavy atom. The molecule has 17 heavy (non-hydrogen) atoms. The normalized spacial score (nSPS) is 12.6. The summed E-state index contributed by atoms with van der Waals surface area (Å²) in [6.07, 6.45) is 3.91. The van der Waals surface area contributed by atoms with Gasteiger partial charge in [0.15, 0.2) is 0 Å². The second-order valence-electron chi connectivity index (χ2n) is 4.14. The van der Waals surface area contributed by atoms with E-state index in [-0.39, 0.29) is 6.04 Å². The fraction of sp³-hybridized carbons (Fsp3) is 0.385. The van der Waals surface area contributed by atoms with Crippen molar-refractivity contribution in [2.45, 2.75) is 19.9 Å². The van der Waals surface area contributed by atoms with Crippen LogP contribution in [0.4, 0.5) is 0 Å². The van der Waals surface area contributed by atoms with Gasteiger partial charge in [0.05, 0.1) is 17.9 Å². The van der Waals surface area contributed by atoms with Gasteiger partial charge in [0.1, 0.15) is 0 Å². The van der Waals surface area contributed by atoms with Crippen molar-refractivity contribution < 1.29 is 0 Å². The van der Waals surface area contributed by atoms with Gasteiger partial charge in [-0.2, -0.15) is 5.10 Å². The second kappa shape index (κ2) is 5.10. The summed E-state index contributed by atoms with van der Waals surface area (Å²) < 4.78 is 1.81. The molecule has 1 atom stereocenters. The van der Waals surface area contributed by atoms with Gasteiger partial charge in [-0.3, -0.25) is 9.67 Å². The van der Waals surface area contributed by atoms with Crippen molar-refractivity contribution in [2.75, 3.05) is 6.54 Å². The molecule has 1 unspecified atom stereocenters. The van der Waals surface area contributed by atoms with Gasteiger partial charge >= 0.3 is 0 Å². The van der Waals surface area contributed by atoms with Crippen LogP contribution in [0.1, 0.15) is 29.9 Å². The van der Waals surface area contributed by atoms with E-state index in [0.717, 1.165) is 23.5 Å². The third-order valence-electron chi connectivity index (χ3n) is 2.67. The summed E-state index contributed by atoms with van der Waals surface area (Å²) in [6, 6.07) is 6.22. The van der Waals surface area contributed by atoms with Crippen LogP contribution in [0.25, 0.3) is 0 Å². The first-order chi connectivity index (χ1) is 8.20. The summed E-state index contributed by atoms with van der Waals surface area (Å²) >= 11 is 0. The predicted molar refractivity (Wildman–Crippen MR) is 67.7 cm³/mol. The molecule has 0 aliphatic rings. The highest BCUT2D eigenvalue weighted by Gasteiger charge is 2.15. The van der Waals surface area contributed by atoms with E-state index in [4.69, 9.17) is 0 Å². The number of hydrogen-bond acceptors (Lipinski definition) is 3. The number of nitrogens with zero attached hydrogens (tertiary/aromatic N) is 3. The predicted octanol–water partition coefficient (Wildman–Crippen LogP) is 1.82. The van der Waals surface area contributed by atoms with Crippen LogP contribution in [-0.4, -0.2) is 21.3 Å². The maximum atomic E-state index is 4.58. The van der Waals surface area contributed by atoms with E-state index in [1.807, 2.05) is 49.2 Å². The summed E-state index contributed by atoms with van der Waals surface area (Å²) in [7, 11) is 1.93. The maximum Gasteiger partial charge on any atom is 0.0782 e. The van der Waals surface area contributed by atoms with Crippen LogP contribution in [0.15, 0.2) is 30.6 Å². The third kappa shape index (κ3) is 2.71. The number of aryl methyl sites for hydroxylation is 2. The third-order valence-corrected chi connectivity index (χ3v) is 2.67. The van der Waals surface area contributed by atoms with Gasteiger partial charge in [-0.15, -0.1) is 0 Å². The van der Waals surface area contributed by atoms with E-state index in [9.17, 15) is 0 Å². The second-order valence-corrected chi connectivity index (χ2v) is 4.14. The molecular weight excluding hydrogens is 212 g/mol. The molecule has 2 aromatic rings. The molecular formula is C13H18N4. The lowest BCUT2D eigenvalue weighted by molar-refractivity contribution is 0.613. The molecule has 4 nitrogen and oxygen atoms in total. The lowest BCUT2D eigenvalue weighted by atomic mass is 10.1. The lowest BCUT2D eigenvalue weighted by Crippen LogP contribution is -2.22. The SMILES string of the molecule is CCNC(c1cnn(C)c1)c1cccc(C)n1. The summed E-state index contributed by atoms with van der Waals surface area (Å²) in [5.41, 5.74) is 3.22. The fourth-order valence-electron chi connectivity index (χ4n) is 1.91. The highest BCUT2D eigenvalue weighted by molar-refractivity contribution is 5.24. The summed E-state index contributed by atoms with van der Waals surface area (Å²) in [5, 5.41) is 7.66. The quantitative estimate of drug-likeness (QED) is 0.871. The summed E-state index contributed by atoms with van der Waals surface area (Å²) in [6.45, 7) is 5.00. The number of nitrogens with one attached hydrogen (secondary N) is 1. The lowest BCUT2D eigenvalue weighted by Gasteiger charge is -2.16. The minimum absolute atomic E-state index is 0.119. The highest BCUT2D eigenvalue weighted by Crippen LogP contribution is 2.19. The Balaban J connectivity index is 2.35. The Morgan fingerprint density at radius 2 is 2.24 bits per heavy atom. The van der Waals surface area contributed by atoms with Crippen LogP contribution < -0.4 is 5.32 Å². The molecule has 90 valence electrons. The molecule has 2 aromatic heterocycles. The summed E-state index contributed by atoms with van der Waals surface area (Å²) in [5.74, 6) is 0. The standard InChI is InChI=1S/C13H18N4/c1-4-14-13(11-8-15-17(3)9-11)12-7-5-6-10(2)16-12/h5-9,13-14H,4H2,1-3H3. The van der Waals surface area contributed by atoms with Gasteiger partial charge in [-0.05, 0) is 25.6 Å². The Bertz CT molecular complexity index is 490. The van der Waals surface area contributed by atoms with Crippen LogP contribution >= 0.6 is 0 Å². The van der Waals surface area contributed by atoms with E-state index in [2.05, 4.69) is 22.3 Å². The van der Waals surface area contributed by atoms with Gasteiger partial charge in [0, 0.05) is 24.5 Å². The van der Waals surface area contributed by atoms with Crippen molar-refractivity contribution in [2.24, 2.45) is 7.05 Å². The molecule has 2 heterocycles. The van der Waals surface area contributed by atoms with Crippen LogP contribution in [-0.2, 0) is 7.05 Å². The molecule has 0 aliphatic heterocycles. The van der Waals surface area contributed by atoms with Crippen molar-refractivity contribution >= 4 is 0 Å². The van der Waals surface area contributed by atoms with Crippen molar-refractivity contribution in [3.05, 3.63) is 47.5 Å². The van der Waals surface area contributed by atoms with Crippen molar-refractivity contribution in [3.63, 3.8) is 0 Å². The molecule has 2 rings (SSSR count). The average Bonchev–Trinajstić information content (AvgIpc) is 2.72. The van der Waals surface area contributed by atoms with E-state index >= 15 is 0 Å². The summed E-state index contributed by atoms with van der Waals surface area (Å²) in [4.78, 5) is 4.58. The molecule has 0 saturated heterocycles. The minimum atomic E-state index is 0.119. The Labute approximate surface area is 102 Å². The van der Waals surface area contributed by atoms with E-state index in [1.165, 1.54) is 0 Å². The average molecular weight is 230 g/mol. The van der Waals surface area contributed by atoms with E-state index in [1.54, 1.807) is 0 Å². The number of pyridine rings is 1. The van der Waals surface area contributed by atoms with Gasteiger partial charge in [-0.25, -0.2) is 0 Å². The topological polar surface area (TPSA) is 42.7 Å². The van der Waals surface area contributed by atoms with E-state index < -0.39 is 0 Å². The van der Waals surface area contributed by atoms with Crippen molar-refractivity contribution in [1.29, 1.82) is 0 Å². The number of rotatable bonds is 4. The Morgan fingerprint density at radius 1 is 1.41 bits per heavy atom. The fourth-order valence-corrected chi connectivity index (χ4v) is 1.91. The van der Waals surface area contributed by atoms with Gasteiger partial charge in [0.25, 0.3) is 0 Å². The first-order valence-electron chi connectivity index (χ1n) is 5.86. The van der Waals surface area contributed by atoms with Crippen LogP contribution in [0.5, 0.6) is 0 Å². The van der Waals surface area contributed by atoms with E-state index in [0.29, 0.717) is 0 Å². The molecule has 0 radical (unpaired) electrons. The zero-order valence-corrected chi connectivity index (χ0v) is 10.5. The number of hydrogen-bond donors (Lipinski definition) is 1. The van der Waals surface area contributed by atoms with Gasteiger partial charge in [0.2, 0.25) is 0 Å². The zero-order chi connectivity index (χ0) is 12.3. The molecule has 0 amide bonds. The highest BCUT2D eigenvalue weighted by atomic mass is 15.2. The van der Waals surface area contributed by atoms with Gasteiger partial charge < -0.3 is 5.32 Å². The first-order valence-corrected chi connectivity index (χ1v) is 5.86. The largest absolute Gasteiger partial charge is 0.305 e. The first kappa shape index (κ1) is 11.8. The monoisotopic (exact) mass is 230 g/mol. The Hall–Kier alpha value is -1.68. The molecule has 0 aliphatic carbocycles. The van der Waals surface area contributed by atoms with Crippen LogP contribution in [0.2, 0.25) is 0 Å². The van der Waals surface area contributed by atoms with Gasteiger partial charge in [-0.1, -0.05) is 13.0 Å². The Kier molecular flexibility index (Phi) is 3.54. The van der Waals surface area contributed by atoms with Crippen LogP contribution in [0.3, 0.4) is 0 Å². The molecule has 0 bridgehead atoms. The number of aromatic nitrogens is 3. The molecule has 1 N–H and O–H groups in total.